The van der Waals surface area contributed by atoms with E-state index in [1.165, 1.54) is 0 Å². The normalized spacial score (nSPS) is 30.2. The van der Waals surface area contributed by atoms with Crippen molar-refractivity contribution in [2.75, 3.05) is 12.4 Å². The lowest BCUT2D eigenvalue weighted by atomic mass is 10.1. The van der Waals surface area contributed by atoms with Crippen LogP contribution in [0, 0.1) is 5.92 Å². The molecule has 10 heteroatoms. The molecule has 8 nitrogen and oxygen atoms in total. The van der Waals surface area contributed by atoms with Gasteiger partial charge in [-0.3, -0.25) is 0 Å². The van der Waals surface area contributed by atoms with Crippen LogP contribution in [0.2, 0.25) is 5.15 Å². The third kappa shape index (κ3) is 3.09. The Labute approximate surface area is 160 Å². The van der Waals surface area contributed by atoms with Crippen LogP contribution in [0.1, 0.15) is 39.7 Å². The summed E-state index contributed by atoms with van der Waals surface area (Å²) in [5.41, 5.74) is 1.08. The first-order valence-electron chi connectivity index (χ1n) is 8.81. The van der Waals surface area contributed by atoms with Gasteiger partial charge < -0.3 is 14.6 Å². The molecular weight excluding hydrogens is 378 g/mol. The van der Waals surface area contributed by atoms with Crippen LogP contribution < -0.4 is 0 Å². The lowest BCUT2D eigenvalue weighted by Gasteiger charge is -2.23. The van der Waals surface area contributed by atoms with Crippen LogP contribution in [0.25, 0.3) is 11.2 Å². The van der Waals surface area contributed by atoms with Crippen LogP contribution in [-0.2, 0) is 9.47 Å². The molecule has 142 valence electrons. The highest BCUT2D eigenvalue weighted by Crippen LogP contribution is 2.47. The Morgan fingerprint density at radius 2 is 2.08 bits per heavy atom. The maximum absolute atomic E-state index is 9.77. The minimum absolute atomic E-state index is 0.0164. The molecule has 2 aromatic heterocycles. The number of aliphatic hydroxyl groups excluding tert-OH is 1. The van der Waals surface area contributed by atoms with Gasteiger partial charge in [-0.05, 0) is 26.7 Å². The van der Waals surface area contributed by atoms with E-state index >= 15 is 0 Å². The average Bonchev–Trinajstić information content (AvgIpc) is 3.23. The monoisotopic (exact) mass is 399 g/mol. The Morgan fingerprint density at radius 1 is 1.31 bits per heavy atom. The van der Waals surface area contributed by atoms with Crippen LogP contribution in [0.4, 0.5) is 0 Å². The highest BCUT2D eigenvalue weighted by molar-refractivity contribution is 7.99. The van der Waals surface area contributed by atoms with Gasteiger partial charge in [0.15, 0.2) is 27.3 Å². The summed E-state index contributed by atoms with van der Waals surface area (Å²) in [4.78, 5) is 8.93. The van der Waals surface area contributed by atoms with Crippen molar-refractivity contribution in [3.63, 3.8) is 0 Å². The summed E-state index contributed by atoms with van der Waals surface area (Å²) in [6.07, 6.45) is 1.31. The zero-order valence-corrected chi connectivity index (χ0v) is 16.5. The molecule has 2 aliphatic rings. The van der Waals surface area contributed by atoms with Crippen molar-refractivity contribution in [3.05, 3.63) is 5.15 Å². The van der Waals surface area contributed by atoms with Gasteiger partial charge >= 0.3 is 0 Å². The summed E-state index contributed by atoms with van der Waals surface area (Å²) in [6.45, 7) is 5.91. The summed E-state index contributed by atoms with van der Waals surface area (Å²) in [6, 6.07) is -0.126. The second-order valence-corrected chi connectivity index (χ2v) is 8.58. The van der Waals surface area contributed by atoms with E-state index in [9.17, 15) is 5.11 Å². The highest BCUT2D eigenvalue weighted by Gasteiger charge is 2.55. The Kier molecular flexibility index (Phi) is 4.85. The molecule has 4 rings (SSSR count). The van der Waals surface area contributed by atoms with Crippen molar-refractivity contribution < 1.29 is 14.6 Å². The third-order valence-corrected chi connectivity index (χ3v) is 6.11. The number of hydrogen-bond acceptors (Lipinski definition) is 8. The molecule has 0 radical (unpaired) electrons. The van der Waals surface area contributed by atoms with Gasteiger partial charge in [0.05, 0.1) is 12.1 Å². The van der Waals surface area contributed by atoms with E-state index in [-0.39, 0.29) is 30.8 Å². The average molecular weight is 400 g/mol. The van der Waals surface area contributed by atoms with Crippen LogP contribution in [-0.4, -0.2) is 60.4 Å². The Morgan fingerprint density at radius 3 is 2.81 bits per heavy atom. The van der Waals surface area contributed by atoms with Crippen LogP contribution in [0.15, 0.2) is 5.16 Å². The lowest BCUT2D eigenvalue weighted by molar-refractivity contribution is -0.162. The van der Waals surface area contributed by atoms with Crippen molar-refractivity contribution in [1.29, 1.82) is 0 Å². The third-order valence-electron chi connectivity index (χ3n) is 4.80. The van der Waals surface area contributed by atoms with Gasteiger partial charge in [0.25, 0.3) is 0 Å². The molecule has 3 heterocycles. The van der Waals surface area contributed by atoms with Crippen molar-refractivity contribution >= 4 is 34.5 Å². The van der Waals surface area contributed by atoms with E-state index in [1.807, 2.05) is 13.8 Å². The van der Waals surface area contributed by atoms with Crippen molar-refractivity contribution in [1.82, 2.24) is 25.0 Å². The number of fused-ring (bicyclic) bond motifs is 2. The van der Waals surface area contributed by atoms with E-state index < -0.39 is 5.79 Å². The number of nitrogens with zero attached hydrogens (tertiary/aromatic N) is 5. The maximum Gasteiger partial charge on any atom is 0.191 e. The number of ether oxygens (including phenoxy) is 2. The summed E-state index contributed by atoms with van der Waals surface area (Å²) >= 11 is 7.85. The van der Waals surface area contributed by atoms with Gasteiger partial charge in [-0.15, -0.1) is 5.10 Å². The molecule has 2 fully saturated rings. The molecule has 1 saturated heterocycles. The number of hydrogen-bond donors (Lipinski definition) is 1. The fraction of sp³-hybridized carbons (Fsp3) is 0.750. The lowest BCUT2D eigenvalue weighted by Crippen LogP contribution is -2.28. The van der Waals surface area contributed by atoms with Crippen molar-refractivity contribution in [2.45, 2.75) is 62.8 Å². The van der Waals surface area contributed by atoms with E-state index in [2.05, 4.69) is 27.2 Å². The van der Waals surface area contributed by atoms with Gasteiger partial charge in [-0.2, -0.15) is 0 Å². The largest absolute Gasteiger partial charge is 0.396 e. The summed E-state index contributed by atoms with van der Waals surface area (Å²) < 4.78 is 13.9. The molecule has 0 bridgehead atoms. The van der Waals surface area contributed by atoms with Gasteiger partial charge in [0.2, 0.25) is 0 Å². The van der Waals surface area contributed by atoms with Crippen LogP contribution in [0.5, 0.6) is 0 Å². The topological polar surface area (TPSA) is 95.2 Å². The molecule has 0 amide bonds. The molecule has 0 aromatic carbocycles. The summed E-state index contributed by atoms with van der Waals surface area (Å²) in [7, 11) is 0. The zero-order chi connectivity index (χ0) is 18.5. The predicted octanol–water partition coefficient (Wildman–Crippen LogP) is 2.45. The number of thioether (sulfide) groups is 1. The molecule has 0 unspecified atom stereocenters. The zero-order valence-electron chi connectivity index (χ0n) is 14.9. The second kappa shape index (κ2) is 6.87. The first-order valence-corrected chi connectivity index (χ1v) is 10.2. The summed E-state index contributed by atoms with van der Waals surface area (Å²) in [5, 5.41) is 19.1. The first-order chi connectivity index (χ1) is 12.4. The molecular formula is C16H22ClN5O3S. The SMILES string of the molecule is CCCSc1nc(Cl)c2nnn([C@@H]3C[C@H](CO)[C@H]4OC(C)(C)O[C@H]43)c2n1. The van der Waals surface area contributed by atoms with E-state index in [1.54, 1.807) is 16.4 Å². The predicted molar refractivity (Wildman–Crippen MR) is 97.2 cm³/mol. The van der Waals surface area contributed by atoms with E-state index in [4.69, 9.17) is 21.1 Å². The molecule has 1 aliphatic carbocycles. The summed E-state index contributed by atoms with van der Waals surface area (Å²) in [5.74, 6) is 0.208. The quantitative estimate of drug-likeness (QED) is 0.465. The fourth-order valence-corrected chi connectivity index (χ4v) is 4.68. The Hall–Kier alpha value is -1.00. The molecule has 4 atom stereocenters. The van der Waals surface area contributed by atoms with Crippen LogP contribution >= 0.6 is 23.4 Å². The molecule has 2 aromatic rings. The molecule has 1 N–H and O–H groups in total. The molecule has 26 heavy (non-hydrogen) atoms. The van der Waals surface area contributed by atoms with Crippen LogP contribution in [0.3, 0.4) is 0 Å². The molecule has 0 spiro atoms. The van der Waals surface area contributed by atoms with Crippen molar-refractivity contribution in [2.24, 2.45) is 5.92 Å². The smallest absolute Gasteiger partial charge is 0.191 e. The number of rotatable bonds is 5. The van der Waals surface area contributed by atoms with Gasteiger partial charge in [0, 0.05) is 18.3 Å². The van der Waals surface area contributed by atoms with Crippen molar-refractivity contribution in [3.8, 4) is 0 Å². The fourth-order valence-electron chi connectivity index (χ4n) is 3.74. The Balaban J connectivity index is 1.73. The van der Waals surface area contributed by atoms with E-state index in [0.29, 0.717) is 27.9 Å². The highest BCUT2D eigenvalue weighted by atomic mass is 35.5. The Bertz CT molecular complexity index is 817. The number of aromatic nitrogens is 5. The van der Waals surface area contributed by atoms with Gasteiger partial charge in [0.1, 0.15) is 6.10 Å². The standard InChI is InChI=1S/C16H22ClN5O3S/c1-4-5-26-15-18-13(17)10-14(19-15)22(21-20-10)9-6-8(7-23)11-12(9)25-16(2,3)24-11/h8-9,11-12,23H,4-7H2,1-3H3/t8-,9-,11-,12+/m1/s1. The number of halogens is 1. The van der Waals surface area contributed by atoms with E-state index in [0.717, 1.165) is 12.2 Å². The second-order valence-electron chi connectivity index (χ2n) is 7.16. The number of aliphatic hydroxyl groups is 1. The van der Waals surface area contributed by atoms with Gasteiger partial charge in [-0.1, -0.05) is 35.5 Å². The first kappa shape index (κ1) is 18.4. The minimum atomic E-state index is -0.688. The molecule has 1 aliphatic heterocycles. The molecule has 1 saturated carbocycles. The van der Waals surface area contributed by atoms with Gasteiger partial charge in [-0.25, -0.2) is 14.6 Å². The minimum Gasteiger partial charge on any atom is -0.396 e. The maximum atomic E-state index is 9.77.